The number of carboxylic acids is 1. The molecule has 19 heavy (non-hydrogen) atoms. The molecule has 3 heteroatoms. The number of benzene rings is 1. The monoisotopic (exact) mass is 257 g/mol. The predicted molar refractivity (Wildman–Crippen MR) is 75.3 cm³/mol. The smallest absolute Gasteiger partial charge is 0.306 e. The number of hydrogen-bond donors (Lipinski definition) is 2. The van der Waals surface area contributed by atoms with Crippen molar-refractivity contribution < 1.29 is 9.90 Å². The first-order valence-corrected chi connectivity index (χ1v) is 7.04. The minimum absolute atomic E-state index is 0.144. The van der Waals surface area contributed by atoms with Crippen molar-refractivity contribution in [3.63, 3.8) is 0 Å². The number of nitrogens with one attached hydrogen (secondary N) is 1. The molecule has 1 fully saturated rings. The lowest BCUT2D eigenvalue weighted by Gasteiger charge is -2.12. The van der Waals surface area contributed by atoms with Gasteiger partial charge in [0, 0.05) is 11.2 Å². The molecule has 1 aliphatic rings. The Labute approximate surface area is 112 Å². The molecule has 1 saturated carbocycles. The van der Waals surface area contributed by atoms with Crippen molar-refractivity contribution in [3.8, 4) is 0 Å². The zero-order chi connectivity index (χ0) is 13.2. The molecule has 3 nitrogen and oxygen atoms in total. The van der Waals surface area contributed by atoms with Gasteiger partial charge in [-0.3, -0.25) is 4.79 Å². The number of hydrogen-bond acceptors (Lipinski definition) is 1. The molecule has 1 heterocycles. The zero-order valence-corrected chi connectivity index (χ0v) is 10.9. The molecule has 0 spiro atoms. The van der Waals surface area contributed by atoms with Crippen LogP contribution in [0, 0.1) is 5.92 Å². The largest absolute Gasteiger partial charge is 0.481 e. The van der Waals surface area contributed by atoms with Crippen LogP contribution in [0.2, 0.25) is 0 Å². The second-order valence-electron chi connectivity index (χ2n) is 5.55. The Morgan fingerprint density at radius 1 is 1.16 bits per heavy atom. The molecule has 100 valence electrons. The summed E-state index contributed by atoms with van der Waals surface area (Å²) in [6.45, 7) is 0. The molecule has 0 radical (unpaired) electrons. The molecule has 2 atom stereocenters. The number of carboxylic acid groups (broad SMARTS) is 1. The molecule has 0 aliphatic heterocycles. The highest BCUT2D eigenvalue weighted by Gasteiger charge is 2.25. The van der Waals surface area contributed by atoms with E-state index in [1.807, 2.05) is 12.1 Å². The van der Waals surface area contributed by atoms with Crippen molar-refractivity contribution >= 4 is 16.9 Å². The highest BCUT2D eigenvalue weighted by atomic mass is 16.4. The van der Waals surface area contributed by atoms with Crippen LogP contribution in [0.1, 0.15) is 43.7 Å². The number of aromatic amines is 1. The Kier molecular flexibility index (Phi) is 3.28. The Morgan fingerprint density at radius 3 is 2.79 bits per heavy atom. The molecule has 1 aromatic heterocycles. The normalized spacial score (nSPS) is 24.2. The van der Waals surface area contributed by atoms with Crippen LogP contribution in [0.4, 0.5) is 0 Å². The summed E-state index contributed by atoms with van der Waals surface area (Å²) in [5.41, 5.74) is 2.45. The summed E-state index contributed by atoms with van der Waals surface area (Å²) in [5.74, 6) is -0.288. The molecule has 2 N–H and O–H groups in total. The second-order valence-corrected chi connectivity index (χ2v) is 5.55. The minimum atomic E-state index is -0.628. The van der Waals surface area contributed by atoms with Crippen molar-refractivity contribution in [3.05, 3.63) is 36.0 Å². The van der Waals surface area contributed by atoms with Crippen molar-refractivity contribution in [2.75, 3.05) is 0 Å². The van der Waals surface area contributed by atoms with E-state index in [2.05, 4.69) is 23.2 Å². The summed E-state index contributed by atoms with van der Waals surface area (Å²) in [4.78, 5) is 14.6. The summed E-state index contributed by atoms with van der Waals surface area (Å²) in [6.07, 6.45) is 4.71. The van der Waals surface area contributed by atoms with Gasteiger partial charge >= 0.3 is 5.97 Å². The van der Waals surface area contributed by atoms with Crippen molar-refractivity contribution in [2.45, 2.75) is 38.0 Å². The van der Waals surface area contributed by atoms with Crippen molar-refractivity contribution in [2.24, 2.45) is 5.92 Å². The van der Waals surface area contributed by atoms with Gasteiger partial charge in [-0.05, 0) is 49.1 Å². The van der Waals surface area contributed by atoms with Gasteiger partial charge in [-0.1, -0.05) is 24.6 Å². The number of H-pyrrole nitrogens is 1. The highest BCUT2D eigenvalue weighted by molar-refractivity contribution is 5.80. The molecule has 0 amide bonds. The Bertz CT molecular complexity index is 554. The fraction of sp³-hybridized carbons (Fsp3) is 0.438. The van der Waals surface area contributed by atoms with Gasteiger partial charge in [0.2, 0.25) is 0 Å². The maximum atomic E-state index is 11.1. The highest BCUT2D eigenvalue weighted by Crippen LogP contribution is 2.35. The van der Waals surface area contributed by atoms with Crippen LogP contribution in [0.3, 0.4) is 0 Å². The van der Waals surface area contributed by atoms with Crippen LogP contribution in [0.5, 0.6) is 0 Å². The number of para-hydroxylation sites is 1. The Morgan fingerprint density at radius 2 is 2.00 bits per heavy atom. The standard InChI is InChI=1S/C16H19NO2/c18-16(19)12-6-3-5-11(8-9-12)15-10-13-4-1-2-7-14(13)17-15/h1-2,4,7,10-12,17H,3,5-6,8-9H2,(H,18,19). The molecule has 0 bridgehead atoms. The van der Waals surface area contributed by atoms with E-state index in [0.717, 1.165) is 32.1 Å². The van der Waals surface area contributed by atoms with Gasteiger partial charge in [-0.2, -0.15) is 0 Å². The van der Waals surface area contributed by atoms with E-state index >= 15 is 0 Å². The average Bonchev–Trinajstić information content (AvgIpc) is 2.67. The van der Waals surface area contributed by atoms with E-state index in [9.17, 15) is 4.79 Å². The van der Waals surface area contributed by atoms with Gasteiger partial charge in [-0.15, -0.1) is 0 Å². The summed E-state index contributed by atoms with van der Waals surface area (Å²) in [7, 11) is 0. The van der Waals surface area contributed by atoms with Gasteiger partial charge in [0.15, 0.2) is 0 Å². The minimum Gasteiger partial charge on any atom is -0.481 e. The van der Waals surface area contributed by atoms with Gasteiger partial charge in [0.05, 0.1) is 5.92 Å². The third kappa shape index (κ3) is 2.50. The lowest BCUT2D eigenvalue weighted by Crippen LogP contribution is -2.12. The van der Waals surface area contributed by atoms with E-state index < -0.39 is 5.97 Å². The van der Waals surface area contributed by atoms with E-state index in [1.165, 1.54) is 16.6 Å². The number of carbonyl (C=O) groups is 1. The van der Waals surface area contributed by atoms with Crippen LogP contribution in [0.25, 0.3) is 10.9 Å². The van der Waals surface area contributed by atoms with Gasteiger partial charge in [0.1, 0.15) is 0 Å². The van der Waals surface area contributed by atoms with Crippen LogP contribution < -0.4 is 0 Å². The third-order valence-electron chi connectivity index (χ3n) is 4.31. The number of aromatic nitrogens is 1. The first kappa shape index (κ1) is 12.3. The van der Waals surface area contributed by atoms with E-state index in [0.29, 0.717) is 5.92 Å². The van der Waals surface area contributed by atoms with Crippen LogP contribution in [-0.2, 0) is 4.79 Å². The maximum absolute atomic E-state index is 11.1. The first-order valence-electron chi connectivity index (χ1n) is 7.04. The van der Waals surface area contributed by atoms with E-state index in [4.69, 9.17) is 5.11 Å². The van der Waals surface area contributed by atoms with Crippen LogP contribution >= 0.6 is 0 Å². The lowest BCUT2D eigenvalue weighted by molar-refractivity contribution is -0.142. The average molecular weight is 257 g/mol. The maximum Gasteiger partial charge on any atom is 0.306 e. The Hall–Kier alpha value is -1.77. The number of aliphatic carboxylic acids is 1. The molecular weight excluding hydrogens is 238 g/mol. The van der Waals surface area contributed by atoms with Crippen molar-refractivity contribution in [1.29, 1.82) is 0 Å². The summed E-state index contributed by atoms with van der Waals surface area (Å²) in [5, 5.41) is 10.4. The zero-order valence-electron chi connectivity index (χ0n) is 10.9. The first-order chi connectivity index (χ1) is 9.24. The summed E-state index contributed by atoms with van der Waals surface area (Å²) < 4.78 is 0. The third-order valence-corrected chi connectivity index (χ3v) is 4.31. The lowest BCUT2D eigenvalue weighted by atomic mass is 9.95. The van der Waals surface area contributed by atoms with Gasteiger partial charge < -0.3 is 10.1 Å². The summed E-state index contributed by atoms with van der Waals surface area (Å²) in [6, 6.07) is 10.5. The molecule has 2 aromatic rings. The molecule has 0 saturated heterocycles. The quantitative estimate of drug-likeness (QED) is 0.801. The fourth-order valence-electron chi connectivity index (χ4n) is 3.18. The summed E-state index contributed by atoms with van der Waals surface area (Å²) >= 11 is 0. The van der Waals surface area contributed by atoms with Gasteiger partial charge in [-0.25, -0.2) is 0 Å². The second kappa shape index (κ2) is 5.08. The molecule has 1 aromatic carbocycles. The van der Waals surface area contributed by atoms with Crippen LogP contribution in [-0.4, -0.2) is 16.1 Å². The van der Waals surface area contributed by atoms with E-state index in [-0.39, 0.29) is 5.92 Å². The number of fused-ring (bicyclic) bond motifs is 1. The topological polar surface area (TPSA) is 53.1 Å². The van der Waals surface area contributed by atoms with Crippen LogP contribution in [0.15, 0.2) is 30.3 Å². The predicted octanol–water partition coefficient (Wildman–Crippen LogP) is 3.92. The number of rotatable bonds is 2. The fourth-order valence-corrected chi connectivity index (χ4v) is 3.18. The van der Waals surface area contributed by atoms with Crippen molar-refractivity contribution in [1.82, 2.24) is 4.98 Å². The Balaban J connectivity index is 1.80. The molecule has 3 rings (SSSR count). The molecular formula is C16H19NO2. The molecule has 1 aliphatic carbocycles. The molecule has 2 unspecified atom stereocenters. The van der Waals surface area contributed by atoms with Gasteiger partial charge in [0.25, 0.3) is 0 Å². The van der Waals surface area contributed by atoms with E-state index in [1.54, 1.807) is 0 Å². The SMILES string of the molecule is O=C(O)C1CCCC(c2cc3ccccc3[nH]2)CC1.